The van der Waals surface area contributed by atoms with E-state index >= 15 is 0 Å². The van der Waals surface area contributed by atoms with Gasteiger partial charge < -0.3 is 9.47 Å². The summed E-state index contributed by atoms with van der Waals surface area (Å²) < 4.78 is 63.8. The molecule has 0 bridgehead atoms. The molecule has 0 aromatic heterocycles. The van der Waals surface area contributed by atoms with E-state index in [4.69, 9.17) is 15.0 Å². The van der Waals surface area contributed by atoms with Gasteiger partial charge in [0.1, 0.15) is 0 Å². The van der Waals surface area contributed by atoms with Crippen LogP contribution in [0.3, 0.4) is 0 Å². The van der Waals surface area contributed by atoms with Crippen molar-refractivity contribution in [2.24, 2.45) is 5.11 Å². The lowest BCUT2D eigenvalue weighted by atomic mass is 10.1. The van der Waals surface area contributed by atoms with E-state index in [9.17, 15) is 21.6 Å². The molecule has 1 atom stereocenters. The average molecular weight is 566 g/mol. The molecule has 38 heavy (non-hydrogen) atoms. The van der Waals surface area contributed by atoms with Crippen molar-refractivity contribution in [1.82, 2.24) is 4.31 Å². The summed E-state index contributed by atoms with van der Waals surface area (Å²) in [6.45, 7) is 1.55. The molecular weight excluding hydrogens is 534 g/mol. The smallest absolute Gasteiger partial charge is 0.412 e. The molecule has 1 aliphatic rings. The number of hydrogen-bond donors (Lipinski definition) is 1. The Hall–Kier alpha value is -3.16. The van der Waals surface area contributed by atoms with E-state index < -0.39 is 31.4 Å². The predicted octanol–water partition coefficient (Wildman–Crippen LogP) is 4.32. The van der Waals surface area contributed by atoms with Crippen molar-refractivity contribution in [2.45, 2.75) is 47.3 Å². The predicted molar refractivity (Wildman–Crippen MR) is 141 cm³/mol. The molecule has 1 heterocycles. The number of ether oxygens (including phenoxy) is 2. The van der Waals surface area contributed by atoms with Gasteiger partial charge in [-0.1, -0.05) is 36.2 Å². The summed E-state index contributed by atoms with van der Waals surface area (Å²) in [5.41, 5.74) is 7.18. The van der Waals surface area contributed by atoms with E-state index in [0.29, 0.717) is 39.0 Å². The Kier molecular flexibility index (Phi) is 10.9. The standard InChI is InChI=1S/C24H31N5O7S2/c25-28-26-15-7-2-1-6-10-23(37(31,32)21-8-4-3-5-9-21)36-24(30)27-20-11-13-22(14-12-20)38(33,34)29-16-18-35-19-17-29/h3-5,8-9,11-14,23H,1-2,6-7,10,15-19H2,(H,27,30). The molecule has 1 amide bonds. The lowest BCUT2D eigenvalue weighted by Crippen LogP contribution is -2.40. The molecule has 1 N–H and O–H groups in total. The highest BCUT2D eigenvalue weighted by Gasteiger charge is 2.31. The van der Waals surface area contributed by atoms with Gasteiger partial charge in [-0.2, -0.15) is 4.31 Å². The van der Waals surface area contributed by atoms with Gasteiger partial charge in [-0.05, 0) is 61.2 Å². The second-order valence-electron chi connectivity index (χ2n) is 8.52. The van der Waals surface area contributed by atoms with Crippen LogP contribution >= 0.6 is 0 Å². The topological polar surface area (TPSA) is 168 Å². The Morgan fingerprint density at radius 1 is 0.974 bits per heavy atom. The lowest BCUT2D eigenvalue weighted by molar-refractivity contribution is 0.0730. The number of anilines is 1. The van der Waals surface area contributed by atoms with E-state index in [1.165, 1.54) is 40.7 Å². The number of rotatable bonds is 13. The molecule has 1 aliphatic heterocycles. The van der Waals surface area contributed by atoms with Crippen LogP contribution in [-0.2, 0) is 29.3 Å². The molecule has 12 nitrogen and oxygen atoms in total. The number of nitrogens with one attached hydrogen (secondary N) is 1. The molecule has 14 heteroatoms. The molecule has 1 unspecified atom stereocenters. The molecule has 2 aromatic rings. The molecule has 3 rings (SSSR count). The number of nitrogens with zero attached hydrogens (tertiary/aromatic N) is 4. The van der Waals surface area contributed by atoms with Gasteiger partial charge in [0.2, 0.25) is 25.3 Å². The zero-order valence-electron chi connectivity index (χ0n) is 20.8. The number of unbranched alkanes of at least 4 members (excludes halogenated alkanes) is 3. The number of benzene rings is 2. The second-order valence-corrected chi connectivity index (χ2v) is 12.5. The number of sulfonamides is 1. The van der Waals surface area contributed by atoms with Crippen molar-refractivity contribution in [1.29, 1.82) is 0 Å². The normalized spacial score (nSPS) is 15.3. The van der Waals surface area contributed by atoms with Crippen molar-refractivity contribution < 1.29 is 31.1 Å². The first-order valence-corrected chi connectivity index (χ1v) is 15.2. The van der Waals surface area contributed by atoms with Crippen LogP contribution < -0.4 is 5.32 Å². The molecule has 2 aromatic carbocycles. The van der Waals surface area contributed by atoms with Crippen molar-refractivity contribution in [3.8, 4) is 0 Å². The Bertz CT molecular complexity index is 1310. The highest BCUT2D eigenvalue weighted by atomic mass is 32.2. The quantitative estimate of drug-likeness (QED) is 0.163. The van der Waals surface area contributed by atoms with E-state index in [-0.39, 0.29) is 35.0 Å². The minimum atomic E-state index is -3.97. The van der Waals surface area contributed by atoms with Crippen LogP contribution in [0.15, 0.2) is 69.5 Å². The number of hydrogen-bond acceptors (Lipinski definition) is 8. The SMILES string of the molecule is [N-]=[N+]=NCCCCCCC(OC(=O)Nc1ccc(S(=O)(=O)N2CCOCC2)cc1)S(=O)(=O)c1ccccc1. The van der Waals surface area contributed by atoms with E-state index in [1.54, 1.807) is 18.2 Å². The molecule has 0 aliphatic carbocycles. The molecule has 206 valence electrons. The monoisotopic (exact) mass is 565 g/mol. The number of amides is 1. The van der Waals surface area contributed by atoms with Crippen molar-refractivity contribution >= 4 is 31.6 Å². The summed E-state index contributed by atoms with van der Waals surface area (Å²) in [5, 5.41) is 5.95. The first-order valence-electron chi connectivity index (χ1n) is 12.2. The number of carbonyl (C=O) groups is 1. The third kappa shape index (κ3) is 8.17. The van der Waals surface area contributed by atoms with Crippen LogP contribution in [-0.4, -0.2) is 65.5 Å². The van der Waals surface area contributed by atoms with Crippen molar-refractivity contribution in [2.75, 3.05) is 38.2 Å². The highest BCUT2D eigenvalue weighted by molar-refractivity contribution is 7.92. The zero-order valence-corrected chi connectivity index (χ0v) is 22.4. The lowest BCUT2D eigenvalue weighted by Gasteiger charge is -2.26. The molecule has 1 fully saturated rings. The fourth-order valence-corrected chi connectivity index (χ4v) is 6.78. The first kappa shape index (κ1) is 29.4. The van der Waals surface area contributed by atoms with E-state index in [0.717, 1.165) is 6.42 Å². The van der Waals surface area contributed by atoms with E-state index in [1.807, 2.05) is 0 Å². The van der Waals surface area contributed by atoms with Gasteiger partial charge in [-0.15, -0.1) is 0 Å². The Morgan fingerprint density at radius 3 is 2.29 bits per heavy atom. The summed E-state index contributed by atoms with van der Waals surface area (Å²) in [5.74, 6) is 0. The van der Waals surface area contributed by atoms with Gasteiger partial charge in [0.15, 0.2) is 0 Å². The van der Waals surface area contributed by atoms with Crippen molar-refractivity contribution in [3.63, 3.8) is 0 Å². The first-order chi connectivity index (χ1) is 18.2. The molecule has 0 radical (unpaired) electrons. The third-order valence-electron chi connectivity index (χ3n) is 5.88. The van der Waals surface area contributed by atoms with Gasteiger partial charge in [0, 0.05) is 30.2 Å². The minimum Gasteiger partial charge on any atom is -0.429 e. The number of morpholine rings is 1. The van der Waals surface area contributed by atoms with Crippen molar-refractivity contribution in [3.05, 3.63) is 65.0 Å². The Labute approximate surface area is 222 Å². The fourth-order valence-electron chi connectivity index (χ4n) is 3.84. The van der Waals surface area contributed by atoms with Crippen LogP contribution in [0.4, 0.5) is 10.5 Å². The van der Waals surface area contributed by atoms with E-state index in [2.05, 4.69) is 15.3 Å². The Morgan fingerprint density at radius 2 is 1.63 bits per heavy atom. The molecular formula is C24H31N5O7S2. The highest BCUT2D eigenvalue weighted by Crippen LogP contribution is 2.23. The summed E-state index contributed by atoms with van der Waals surface area (Å²) in [6, 6.07) is 13.3. The summed E-state index contributed by atoms with van der Waals surface area (Å²) >= 11 is 0. The van der Waals surface area contributed by atoms with Gasteiger partial charge in [0.05, 0.1) is 23.0 Å². The van der Waals surface area contributed by atoms with Gasteiger partial charge >= 0.3 is 6.09 Å². The summed E-state index contributed by atoms with van der Waals surface area (Å²) in [6.07, 6.45) is 1.69. The minimum absolute atomic E-state index is 0.0406. The Balaban J connectivity index is 1.64. The van der Waals surface area contributed by atoms with Gasteiger partial charge in [0.25, 0.3) is 0 Å². The maximum absolute atomic E-state index is 13.2. The second kappa shape index (κ2) is 14.1. The fraction of sp³-hybridized carbons (Fsp3) is 0.458. The maximum atomic E-state index is 13.2. The van der Waals surface area contributed by atoms with Crippen LogP contribution in [0.2, 0.25) is 0 Å². The third-order valence-corrected chi connectivity index (χ3v) is 9.74. The van der Waals surface area contributed by atoms with Gasteiger partial charge in [-0.3, -0.25) is 5.32 Å². The largest absolute Gasteiger partial charge is 0.429 e. The number of azide groups is 1. The van der Waals surface area contributed by atoms with Crippen LogP contribution in [0.25, 0.3) is 10.4 Å². The number of sulfone groups is 1. The average Bonchev–Trinajstić information content (AvgIpc) is 2.93. The maximum Gasteiger partial charge on any atom is 0.412 e. The molecule has 0 spiro atoms. The van der Waals surface area contributed by atoms with Crippen LogP contribution in [0, 0.1) is 0 Å². The van der Waals surface area contributed by atoms with Crippen LogP contribution in [0.5, 0.6) is 0 Å². The molecule has 1 saturated heterocycles. The van der Waals surface area contributed by atoms with Crippen LogP contribution in [0.1, 0.15) is 32.1 Å². The zero-order chi connectivity index (χ0) is 27.4. The number of carbonyl (C=O) groups excluding carboxylic acids is 1. The summed E-state index contributed by atoms with van der Waals surface area (Å²) in [4.78, 5) is 15.5. The molecule has 0 saturated carbocycles. The van der Waals surface area contributed by atoms with Gasteiger partial charge in [-0.25, -0.2) is 21.6 Å². The summed E-state index contributed by atoms with van der Waals surface area (Å²) in [7, 11) is -7.66.